The van der Waals surface area contributed by atoms with Crippen LogP contribution < -0.4 is 4.72 Å². The number of hydrogen-bond donors (Lipinski definition) is 3. The molecule has 0 saturated heterocycles. The molecule has 0 aromatic heterocycles. The molecule has 118 valence electrons. The Hall–Kier alpha value is -1.71. The van der Waals surface area contributed by atoms with E-state index in [4.69, 9.17) is 5.11 Å². The lowest BCUT2D eigenvalue weighted by molar-refractivity contribution is -0.386. The summed E-state index contributed by atoms with van der Waals surface area (Å²) in [6.07, 6.45) is 1.16. The zero-order valence-corrected chi connectivity index (χ0v) is 12.3. The molecule has 1 atom stereocenters. The van der Waals surface area contributed by atoms with Gasteiger partial charge in [0.25, 0.3) is 0 Å². The molecule has 0 aliphatic heterocycles. The smallest absolute Gasteiger partial charge is 0.312 e. The van der Waals surface area contributed by atoms with E-state index in [0.717, 1.165) is 18.2 Å². The predicted octanol–water partition coefficient (Wildman–Crippen LogP) is 0.987. The summed E-state index contributed by atoms with van der Waals surface area (Å²) in [4.78, 5) is 9.56. The summed E-state index contributed by atoms with van der Waals surface area (Å²) in [6.45, 7) is 1.97. The van der Waals surface area contributed by atoms with Gasteiger partial charge in [-0.05, 0) is 24.5 Å². The first-order chi connectivity index (χ1) is 9.81. The predicted molar refractivity (Wildman–Crippen MR) is 75.4 cm³/mol. The summed E-state index contributed by atoms with van der Waals surface area (Å²) in [5.74, 6) is -0.609. The topological polar surface area (TPSA) is 130 Å². The van der Waals surface area contributed by atoms with Gasteiger partial charge in [-0.1, -0.05) is 13.3 Å². The minimum absolute atomic E-state index is 0.0168. The van der Waals surface area contributed by atoms with Gasteiger partial charge in [0.1, 0.15) is 0 Å². The van der Waals surface area contributed by atoms with Crippen LogP contribution in [0.3, 0.4) is 0 Å². The molecule has 0 aliphatic rings. The lowest BCUT2D eigenvalue weighted by Crippen LogP contribution is -2.29. The van der Waals surface area contributed by atoms with Crippen LogP contribution in [-0.2, 0) is 10.0 Å². The molecule has 1 aromatic carbocycles. The molecule has 0 bridgehead atoms. The highest BCUT2D eigenvalue weighted by atomic mass is 32.2. The van der Waals surface area contributed by atoms with Crippen molar-refractivity contribution in [3.05, 3.63) is 28.3 Å². The maximum Gasteiger partial charge on any atom is 0.312 e. The second-order valence-electron chi connectivity index (χ2n) is 4.55. The van der Waals surface area contributed by atoms with E-state index >= 15 is 0 Å². The third kappa shape index (κ3) is 4.66. The van der Waals surface area contributed by atoms with Gasteiger partial charge in [-0.15, -0.1) is 0 Å². The van der Waals surface area contributed by atoms with Crippen molar-refractivity contribution in [3.8, 4) is 5.75 Å². The molecule has 0 fully saturated rings. The maximum atomic E-state index is 12.1. The molecule has 8 nitrogen and oxygen atoms in total. The highest BCUT2D eigenvalue weighted by molar-refractivity contribution is 7.89. The van der Waals surface area contributed by atoms with Gasteiger partial charge in [-0.2, -0.15) is 0 Å². The molecular weight excluding hydrogens is 300 g/mol. The van der Waals surface area contributed by atoms with Crippen molar-refractivity contribution in [3.63, 3.8) is 0 Å². The van der Waals surface area contributed by atoms with Gasteiger partial charge in [0, 0.05) is 19.2 Å². The Kier molecular flexibility index (Phi) is 6.06. The third-order valence-electron chi connectivity index (χ3n) is 3.13. The van der Waals surface area contributed by atoms with Gasteiger partial charge in [0.05, 0.1) is 9.82 Å². The number of nitrogens with one attached hydrogen (secondary N) is 1. The van der Waals surface area contributed by atoms with Crippen molar-refractivity contribution in [2.24, 2.45) is 5.92 Å². The van der Waals surface area contributed by atoms with Crippen LogP contribution in [0.15, 0.2) is 23.1 Å². The minimum atomic E-state index is -3.90. The molecule has 21 heavy (non-hydrogen) atoms. The molecule has 0 aliphatic carbocycles. The monoisotopic (exact) mass is 318 g/mol. The summed E-state index contributed by atoms with van der Waals surface area (Å²) in [5.41, 5.74) is -0.666. The van der Waals surface area contributed by atoms with Crippen molar-refractivity contribution in [1.29, 1.82) is 0 Å². The second kappa shape index (κ2) is 7.34. The van der Waals surface area contributed by atoms with E-state index < -0.39 is 26.4 Å². The average Bonchev–Trinajstić information content (AvgIpc) is 2.43. The van der Waals surface area contributed by atoms with Crippen molar-refractivity contribution >= 4 is 15.7 Å². The Bertz CT molecular complexity index is 602. The fourth-order valence-electron chi connectivity index (χ4n) is 1.76. The summed E-state index contributed by atoms with van der Waals surface area (Å²) < 4.78 is 26.5. The van der Waals surface area contributed by atoms with Gasteiger partial charge < -0.3 is 10.2 Å². The number of nitro groups is 1. The fraction of sp³-hybridized carbons (Fsp3) is 0.500. The van der Waals surface area contributed by atoms with Crippen molar-refractivity contribution < 1.29 is 23.6 Å². The number of hydrogen-bond acceptors (Lipinski definition) is 6. The first-order valence-corrected chi connectivity index (χ1v) is 7.88. The Morgan fingerprint density at radius 1 is 1.43 bits per heavy atom. The standard InChI is InChI=1S/C12H18N2O6S/c1-2-9(5-6-15)8-13-21(19,20)10-3-4-12(16)11(7-10)14(17)18/h3-4,7,9,13,15-16H,2,5-6,8H2,1H3. The van der Waals surface area contributed by atoms with Crippen LogP contribution in [0.1, 0.15) is 19.8 Å². The first kappa shape index (κ1) is 17.3. The number of phenols is 1. The lowest BCUT2D eigenvalue weighted by atomic mass is 10.0. The zero-order valence-electron chi connectivity index (χ0n) is 11.5. The van der Waals surface area contributed by atoms with Crippen LogP contribution in [0.25, 0.3) is 0 Å². The largest absolute Gasteiger partial charge is 0.502 e. The normalized spacial score (nSPS) is 13.0. The molecule has 1 aromatic rings. The van der Waals surface area contributed by atoms with E-state index in [1.807, 2.05) is 6.92 Å². The van der Waals surface area contributed by atoms with Crippen molar-refractivity contribution in [2.75, 3.05) is 13.2 Å². The summed E-state index contributed by atoms with van der Waals surface area (Å²) >= 11 is 0. The molecular formula is C12H18N2O6S. The summed E-state index contributed by atoms with van der Waals surface area (Å²) in [5, 5.41) is 28.9. The number of benzene rings is 1. The number of phenolic OH excluding ortho intramolecular Hbond substituents is 1. The van der Waals surface area contributed by atoms with E-state index in [2.05, 4.69) is 4.72 Å². The maximum absolute atomic E-state index is 12.1. The fourth-order valence-corrected chi connectivity index (χ4v) is 2.90. The van der Waals surface area contributed by atoms with Crippen molar-refractivity contribution in [1.82, 2.24) is 4.72 Å². The van der Waals surface area contributed by atoms with Gasteiger partial charge >= 0.3 is 5.69 Å². The number of sulfonamides is 1. The Morgan fingerprint density at radius 3 is 2.62 bits per heavy atom. The van der Waals surface area contributed by atoms with Crippen LogP contribution in [-0.4, -0.2) is 36.7 Å². The Morgan fingerprint density at radius 2 is 2.10 bits per heavy atom. The van der Waals surface area contributed by atoms with Gasteiger partial charge in [0.2, 0.25) is 10.0 Å². The molecule has 0 spiro atoms. The number of aliphatic hydroxyl groups is 1. The Labute approximate surface area is 122 Å². The molecule has 0 saturated carbocycles. The molecule has 0 radical (unpaired) electrons. The molecule has 0 amide bonds. The van der Waals surface area contributed by atoms with Crippen LogP contribution in [0, 0.1) is 16.0 Å². The van der Waals surface area contributed by atoms with Crippen LogP contribution >= 0.6 is 0 Å². The number of nitrogens with zero attached hydrogens (tertiary/aromatic N) is 1. The summed E-state index contributed by atoms with van der Waals surface area (Å²) in [6, 6.07) is 2.88. The number of aliphatic hydroxyl groups excluding tert-OH is 1. The van der Waals surface area contributed by atoms with Crippen molar-refractivity contribution in [2.45, 2.75) is 24.7 Å². The Balaban J connectivity index is 2.93. The number of nitro benzene ring substituents is 1. The highest BCUT2D eigenvalue weighted by Crippen LogP contribution is 2.28. The molecule has 3 N–H and O–H groups in total. The SMILES string of the molecule is CCC(CCO)CNS(=O)(=O)c1ccc(O)c([N+](=O)[O-])c1. The third-order valence-corrected chi connectivity index (χ3v) is 4.55. The second-order valence-corrected chi connectivity index (χ2v) is 6.31. The average molecular weight is 318 g/mol. The van der Waals surface area contributed by atoms with Crippen LogP contribution in [0.4, 0.5) is 5.69 Å². The lowest BCUT2D eigenvalue weighted by Gasteiger charge is -2.14. The van der Waals surface area contributed by atoms with Crippen LogP contribution in [0.2, 0.25) is 0 Å². The van der Waals surface area contributed by atoms with E-state index in [-0.39, 0.29) is 24.0 Å². The quantitative estimate of drug-likeness (QED) is 0.484. The molecule has 9 heteroatoms. The molecule has 1 rings (SSSR count). The van der Waals surface area contributed by atoms with Gasteiger partial charge in [0.15, 0.2) is 5.75 Å². The van der Waals surface area contributed by atoms with Gasteiger partial charge in [-0.3, -0.25) is 10.1 Å². The van der Waals surface area contributed by atoms with Gasteiger partial charge in [-0.25, -0.2) is 13.1 Å². The zero-order chi connectivity index (χ0) is 16.0. The van der Waals surface area contributed by atoms with E-state index in [9.17, 15) is 23.6 Å². The van der Waals surface area contributed by atoms with E-state index in [0.29, 0.717) is 12.8 Å². The minimum Gasteiger partial charge on any atom is -0.502 e. The molecule has 1 unspecified atom stereocenters. The first-order valence-electron chi connectivity index (χ1n) is 6.39. The van der Waals surface area contributed by atoms with E-state index in [1.165, 1.54) is 0 Å². The highest BCUT2D eigenvalue weighted by Gasteiger charge is 2.21. The van der Waals surface area contributed by atoms with Crippen LogP contribution in [0.5, 0.6) is 5.75 Å². The summed E-state index contributed by atoms with van der Waals surface area (Å²) in [7, 11) is -3.90. The molecule has 0 heterocycles. The van der Waals surface area contributed by atoms with E-state index in [1.54, 1.807) is 0 Å². The number of aromatic hydroxyl groups is 1. The number of rotatable bonds is 8.